The molecule has 0 aliphatic heterocycles. The molecule has 0 spiro atoms. The summed E-state index contributed by atoms with van der Waals surface area (Å²) in [4.78, 5) is 10.2. The van der Waals surface area contributed by atoms with Gasteiger partial charge in [0.25, 0.3) is 0 Å². The fourth-order valence-corrected chi connectivity index (χ4v) is 1.92. The minimum absolute atomic E-state index is 0.701. The number of hydrogen-bond donors (Lipinski definition) is 1. The highest BCUT2D eigenvalue weighted by atomic mass is 16.1. The van der Waals surface area contributed by atoms with Crippen LogP contribution in [0.2, 0.25) is 0 Å². The average molecular weight is 213 g/mol. The molecule has 0 aromatic rings. The van der Waals surface area contributed by atoms with Gasteiger partial charge < -0.3 is 5.32 Å². The zero-order chi connectivity index (χ0) is 11.4. The second kappa shape index (κ2) is 11.5. The van der Waals surface area contributed by atoms with Gasteiger partial charge in [0, 0.05) is 6.54 Å². The lowest BCUT2D eigenvalue weighted by molar-refractivity contribution is -0.109. The number of carbonyl (C=O) groups excluding carboxylic acids is 1. The molecule has 15 heavy (non-hydrogen) atoms. The van der Waals surface area contributed by atoms with E-state index in [0.29, 0.717) is 5.92 Å². The highest BCUT2D eigenvalue weighted by molar-refractivity contribution is 5.45. The van der Waals surface area contributed by atoms with Crippen molar-refractivity contribution in [3.63, 3.8) is 0 Å². The fraction of sp³-hybridized carbons (Fsp3) is 0.923. The molecule has 0 saturated heterocycles. The van der Waals surface area contributed by atoms with Crippen LogP contribution in [-0.2, 0) is 4.79 Å². The van der Waals surface area contributed by atoms with E-state index in [4.69, 9.17) is 0 Å². The van der Waals surface area contributed by atoms with E-state index >= 15 is 0 Å². The van der Waals surface area contributed by atoms with Crippen LogP contribution in [0.1, 0.15) is 65.2 Å². The third kappa shape index (κ3) is 9.77. The van der Waals surface area contributed by atoms with Crippen LogP contribution >= 0.6 is 0 Å². The Hall–Kier alpha value is -0.530. The van der Waals surface area contributed by atoms with Crippen molar-refractivity contribution in [1.29, 1.82) is 0 Å². The van der Waals surface area contributed by atoms with Crippen molar-refractivity contribution >= 4 is 6.41 Å². The quantitative estimate of drug-likeness (QED) is 0.413. The summed E-state index contributed by atoms with van der Waals surface area (Å²) in [5.74, 6) is 0.701. The van der Waals surface area contributed by atoms with E-state index in [0.717, 1.165) is 13.0 Å². The zero-order valence-corrected chi connectivity index (χ0v) is 10.4. The van der Waals surface area contributed by atoms with Crippen molar-refractivity contribution < 1.29 is 4.79 Å². The summed E-state index contributed by atoms with van der Waals surface area (Å²) in [6, 6.07) is 0. The summed E-state index contributed by atoms with van der Waals surface area (Å²) in [5, 5.41) is 2.82. The van der Waals surface area contributed by atoms with E-state index in [1.165, 1.54) is 51.4 Å². The largest absolute Gasteiger partial charge is 0.358 e. The number of carbonyl (C=O) groups is 1. The number of nitrogens with one attached hydrogen (secondary N) is 1. The highest BCUT2D eigenvalue weighted by Gasteiger charge is 2.06. The summed E-state index contributed by atoms with van der Waals surface area (Å²) in [6.07, 6.45) is 11.2. The van der Waals surface area contributed by atoms with Gasteiger partial charge in [-0.2, -0.15) is 0 Å². The first-order chi connectivity index (χ1) is 7.35. The Balaban J connectivity index is 3.53. The number of unbranched alkanes of at least 4 members (excludes halogenated alkanes) is 4. The lowest BCUT2D eigenvalue weighted by atomic mass is 9.95. The molecule has 0 aromatic carbocycles. The Kier molecular flexibility index (Phi) is 11.1. The SMILES string of the molecule is CCCCCCC(CCCC)CNC=O. The molecule has 1 amide bonds. The Morgan fingerprint density at radius 1 is 1.00 bits per heavy atom. The van der Waals surface area contributed by atoms with E-state index in [1.807, 2.05) is 0 Å². The molecule has 2 heteroatoms. The first-order valence-electron chi connectivity index (χ1n) is 6.52. The fourth-order valence-electron chi connectivity index (χ4n) is 1.92. The maximum Gasteiger partial charge on any atom is 0.207 e. The third-order valence-corrected chi connectivity index (χ3v) is 2.92. The standard InChI is InChI=1S/C13H27NO/c1-3-5-7-8-10-13(9-6-4-2)11-14-12-15/h12-13H,3-11H2,1-2H3,(H,14,15). The first kappa shape index (κ1) is 14.5. The molecular formula is C13H27NO. The topological polar surface area (TPSA) is 29.1 Å². The second-order valence-electron chi connectivity index (χ2n) is 4.38. The summed E-state index contributed by atoms with van der Waals surface area (Å²) >= 11 is 0. The van der Waals surface area contributed by atoms with Crippen LogP contribution < -0.4 is 5.32 Å². The van der Waals surface area contributed by atoms with Crippen molar-refractivity contribution in [2.75, 3.05) is 6.54 Å². The van der Waals surface area contributed by atoms with Crippen LogP contribution in [0, 0.1) is 5.92 Å². The van der Waals surface area contributed by atoms with Gasteiger partial charge in [-0.1, -0.05) is 52.4 Å². The molecule has 0 radical (unpaired) electrons. The van der Waals surface area contributed by atoms with Crippen molar-refractivity contribution in [2.24, 2.45) is 5.92 Å². The predicted molar refractivity (Wildman–Crippen MR) is 65.8 cm³/mol. The van der Waals surface area contributed by atoms with Gasteiger partial charge in [-0.05, 0) is 18.8 Å². The molecule has 90 valence electrons. The van der Waals surface area contributed by atoms with Gasteiger partial charge in [-0.3, -0.25) is 4.79 Å². The van der Waals surface area contributed by atoms with Gasteiger partial charge >= 0.3 is 0 Å². The van der Waals surface area contributed by atoms with Gasteiger partial charge in [0.2, 0.25) is 6.41 Å². The number of rotatable bonds is 11. The Morgan fingerprint density at radius 2 is 1.67 bits per heavy atom. The van der Waals surface area contributed by atoms with E-state index in [-0.39, 0.29) is 0 Å². The zero-order valence-electron chi connectivity index (χ0n) is 10.4. The Bertz CT molecular complexity index is 136. The highest BCUT2D eigenvalue weighted by Crippen LogP contribution is 2.16. The maximum atomic E-state index is 10.2. The normalized spacial score (nSPS) is 12.4. The molecule has 0 aliphatic carbocycles. The van der Waals surface area contributed by atoms with Crippen LogP contribution in [0.25, 0.3) is 0 Å². The molecule has 0 aliphatic rings. The molecule has 1 atom stereocenters. The Labute approximate surface area is 94.8 Å². The first-order valence-corrected chi connectivity index (χ1v) is 6.52. The molecule has 0 bridgehead atoms. The Morgan fingerprint density at radius 3 is 2.27 bits per heavy atom. The molecule has 1 N–H and O–H groups in total. The van der Waals surface area contributed by atoms with E-state index in [1.54, 1.807) is 0 Å². The molecule has 0 fully saturated rings. The predicted octanol–water partition coefficient (Wildman–Crippen LogP) is 3.51. The van der Waals surface area contributed by atoms with Crippen LogP contribution in [0.3, 0.4) is 0 Å². The monoisotopic (exact) mass is 213 g/mol. The van der Waals surface area contributed by atoms with Crippen LogP contribution in [0.4, 0.5) is 0 Å². The lowest BCUT2D eigenvalue weighted by Crippen LogP contribution is -2.21. The van der Waals surface area contributed by atoms with Crippen LogP contribution in [0.5, 0.6) is 0 Å². The molecule has 0 saturated carbocycles. The van der Waals surface area contributed by atoms with Gasteiger partial charge in [0.05, 0.1) is 0 Å². The van der Waals surface area contributed by atoms with E-state index in [2.05, 4.69) is 19.2 Å². The lowest BCUT2D eigenvalue weighted by Gasteiger charge is -2.15. The second-order valence-corrected chi connectivity index (χ2v) is 4.38. The van der Waals surface area contributed by atoms with Gasteiger partial charge in [0.15, 0.2) is 0 Å². The molecular weight excluding hydrogens is 186 g/mol. The summed E-state index contributed by atoms with van der Waals surface area (Å²) in [7, 11) is 0. The summed E-state index contributed by atoms with van der Waals surface area (Å²) < 4.78 is 0. The molecule has 1 unspecified atom stereocenters. The average Bonchev–Trinajstić information content (AvgIpc) is 2.27. The van der Waals surface area contributed by atoms with Crippen molar-refractivity contribution in [2.45, 2.75) is 65.2 Å². The summed E-state index contributed by atoms with van der Waals surface area (Å²) in [5.41, 5.74) is 0. The van der Waals surface area contributed by atoms with Gasteiger partial charge in [-0.15, -0.1) is 0 Å². The number of hydrogen-bond acceptors (Lipinski definition) is 1. The minimum atomic E-state index is 0.701. The van der Waals surface area contributed by atoms with E-state index in [9.17, 15) is 4.79 Å². The van der Waals surface area contributed by atoms with Crippen molar-refractivity contribution in [1.82, 2.24) is 5.32 Å². The van der Waals surface area contributed by atoms with Crippen molar-refractivity contribution in [3.05, 3.63) is 0 Å². The summed E-state index contributed by atoms with van der Waals surface area (Å²) in [6.45, 7) is 5.33. The molecule has 0 aromatic heterocycles. The maximum absolute atomic E-state index is 10.2. The number of amides is 1. The molecule has 0 heterocycles. The third-order valence-electron chi connectivity index (χ3n) is 2.92. The van der Waals surface area contributed by atoms with Gasteiger partial charge in [-0.25, -0.2) is 0 Å². The van der Waals surface area contributed by atoms with E-state index < -0.39 is 0 Å². The van der Waals surface area contributed by atoms with Crippen molar-refractivity contribution in [3.8, 4) is 0 Å². The molecule has 2 nitrogen and oxygen atoms in total. The van der Waals surface area contributed by atoms with Crippen LogP contribution in [-0.4, -0.2) is 13.0 Å². The molecule has 0 rings (SSSR count). The van der Waals surface area contributed by atoms with Crippen LogP contribution in [0.15, 0.2) is 0 Å². The minimum Gasteiger partial charge on any atom is -0.358 e. The van der Waals surface area contributed by atoms with Gasteiger partial charge in [0.1, 0.15) is 0 Å². The smallest absolute Gasteiger partial charge is 0.207 e.